The van der Waals surface area contributed by atoms with E-state index in [9.17, 15) is 4.79 Å². The molecule has 1 fully saturated rings. The summed E-state index contributed by atoms with van der Waals surface area (Å²) < 4.78 is 5.68. The first-order chi connectivity index (χ1) is 7.15. The topological polar surface area (TPSA) is 29.5 Å². The van der Waals surface area contributed by atoms with Crippen molar-refractivity contribution < 1.29 is 9.53 Å². The largest absolute Gasteiger partial charge is 0.358 e. The molecular weight excluding hydrogens is 190 g/mol. The quantitative estimate of drug-likeness (QED) is 0.649. The lowest BCUT2D eigenvalue weighted by Crippen LogP contribution is -2.34. The fourth-order valence-corrected chi connectivity index (χ4v) is 2.76. The van der Waals surface area contributed by atoms with Crippen molar-refractivity contribution in [3.8, 4) is 0 Å². The number of fused-ring (bicyclic) bond motifs is 1. The lowest BCUT2D eigenvalue weighted by Gasteiger charge is -2.27. The van der Waals surface area contributed by atoms with Crippen LogP contribution in [0.2, 0.25) is 0 Å². The maximum absolute atomic E-state index is 11.9. The molecule has 1 saturated heterocycles. The minimum Gasteiger partial charge on any atom is -0.358 e. The van der Waals surface area contributed by atoms with E-state index >= 15 is 0 Å². The Morgan fingerprint density at radius 2 is 2.33 bits per heavy atom. The van der Waals surface area contributed by atoms with Crippen molar-refractivity contribution in [2.24, 2.45) is 11.8 Å². The van der Waals surface area contributed by atoms with E-state index in [2.05, 4.69) is 13.0 Å². The smallest absolute Gasteiger partial charge is 0.228 e. The third-order valence-corrected chi connectivity index (χ3v) is 3.54. The number of carbonyl (C=O) groups is 1. The van der Waals surface area contributed by atoms with Crippen LogP contribution in [0.3, 0.4) is 0 Å². The average Bonchev–Trinajstić information content (AvgIpc) is 2.44. The molecule has 2 aliphatic rings. The zero-order valence-electron chi connectivity index (χ0n) is 9.69. The van der Waals surface area contributed by atoms with Gasteiger partial charge in [0.05, 0.1) is 0 Å². The number of nitrogens with zero attached hydrogens (tertiary/aromatic N) is 1. The van der Waals surface area contributed by atoms with Gasteiger partial charge in [0.1, 0.15) is 6.23 Å². The molecular formula is C12H19NO2. The molecule has 0 saturated carbocycles. The summed E-state index contributed by atoms with van der Waals surface area (Å²) in [4.78, 5) is 13.7. The Bertz CT molecular complexity index is 298. The molecule has 1 aliphatic heterocycles. The van der Waals surface area contributed by atoms with Crippen LogP contribution >= 0.6 is 0 Å². The molecule has 1 amide bonds. The van der Waals surface area contributed by atoms with E-state index in [1.54, 1.807) is 4.90 Å². The van der Waals surface area contributed by atoms with Gasteiger partial charge in [-0.1, -0.05) is 11.6 Å². The minimum absolute atomic E-state index is 0.00356. The molecule has 0 unspecified atom stereocenters. The Balaban J connectivity index is 2.20. The molecule has 1 heterocycles. The Kier molecular flexibility index (Phi) is 2.83. The van der Waals surface area contributed by atoms with Crippen molar-refractivity contribution in [3.63, 3.8) is 0 Å². The van der Waals surface area contributed by atoms with Crippen LogP contribution in [0.4, 0.5) is 0 Å². The monoisotopic (exact) mass is 209 g/mol. The molecule has 3 heteroatoms. The van der Waals surface area contributed by atoms with Gasteiger partial charge in [0, 0.05) is 25.5 Å². The predicted octanol–water partition coefficient (Wildman–Crippen LogP) is 1.79. The fourth-order valence-electron chi connectivity index (χ4n) is 2.76. The number of amides is 1. The number of carbonyl (C=O) groups excluding carboxylic acids is 1. The molecule has 0 radical (unpaired) electrons. The van der Waals surface area contributed by atoms with Gasteiger partial charge in [-0.3, -0.25) is 4.79 Å². The van der Waals surface area contributed by atoms with Crippen molar-refractivity contribution >= 4 is 5.91 Å². The van der Waals surface area contributed by atoms with Gasteiger partial charge in [-0.15, -0.1) is 0 Å². The van der Waals surface area contributed by atoms with Gasteiger partial charge in [0.2, 0.25) is 5.91 Å². The summed E-state index contributed by atoms with van der Waals surface area (Å²) in [6, 6.07) is 0. The Morgan fingerprint density at radius 3 is 3.00 bits per heavy atom. The van der Waals surface area contributed by atoms with Gasteiger partial charge in [-0.2, -0.15) is 0 Å². The number of ether oxygens (including phenoxy) is 1. The molecule has 0 aromatic carbocycles. The summed E-state index contributed by atoms with van der Waals surface area (Å²) in [5, 5.41) is 0. The molecule has 84 valence electrons. The second-order valence-electron chi connectivity index (χ2n) is 4.56. The summed E-state index contributed by atoms with van der Waals surface area (Å²) in [5.74, 6) is 0.782. The van der Waals surface area contributed by atoms with Crippen molar-refractivity contribution in [3.05, 3.63) is 11.6 Å². The van der Waals surface area contributed by atoms with Crippen molar-refractivity contribution in [1.29, 1.82) is 0 Å². The van der Waals surface area contributed by atoms with Gasteiger partial charge < -0.3 is 9.64 Å². The van der Waals surface area contributed by atoms with E-state index < -0.39 is 0 Å². The third kappa shape index (κ3) is 1.69. The molecule has 2 rings (SSSR count). The van der Waals surface area contributed by atoms with Crippen LogP contribution in [0.5, 0.6) is 0 Å². The summed E-state index contributed by atoms with van der Waals surface area (Å²) >= 11 is 0. The predicted molar refractivity (Wildman–Crippen MR) is 58.2 cm³/mol. The van der Waals surface area contributed by atoms with E-state index in [4.69, 9.17) is 4.74 Å². The molecule has 0 N–H and O–H groups in total. The summed E-state index contributed by atoms with van der Waals surface area (Å²) in [6.45, 7) is 4.80. The Labute approximate surface area is 91.1 Å². The van der Waals surface area contributed by atoms with Crippen molar-refractivity contribution in [2.45, 2.75) is 32.9 Å². The highest BCUT2D eigenvalue weighted by molar-refractivity contribution is 5.82. The van der Waals surface area contributed by atoms with Crippen LogP contribution in [0.25, 0.3) is 0 Å². The summed E-state index contributed by atoms with van der Waals surface area (Å²) in [6.07, 6.45) is 4.09. The van der Waals surface area contributed by atoms with Crippen LogP contribution in [-0.4, -0.2) is 30.7 Å². The van der Waals surface area contributed by atoms with E-state index in [0.29, 0.717) is 12.5 Å². The van der Waals surface area contributed by atoms with E-state index in [1.807, 2.05) is 14.0 Å². The molecule has 0 spiro atoms. The molecule has 3 nitrogen and oxygen atoms in total. The second-order valence-corrected chi connectivity index (χ2v) is 4.56. The second kappa shape index (κ2) is 3.97. The van der Waals surface area contributed by atoms with E-state index in [-0.39, 0.29) is 18.1 Å². The molecule has 0 aromatic rings. The number of rotatable bonds is 2. The average molecular weight is 209 g/mol. The zero-order valence-corrected chi connectivity index (χ0v) is 9.69. The minimum atomic E-state index is -0.00356. The molecule has 0 aromatic heterocycles. The maximum atomic E-state index is 11.9. The van der Waals surface area contributed by atoms with Crippen LogP contribution in [0, 0.1) is 11.8 Å². The maximum Gasteiger partial charge on any atom is 0.228 e. The fraction of sp³-hybridized carbons (Fsp3) is 0.750. The highest BCUT2D eigenvalue weighted by Gasteiger charge is 2.47. The summed E-state index contributed by atoms with van der Waals surface area (Å²) in [5.41, 5.74) is 1.39. The lowest BCUT2D eigenvalue weighted by molar-refractivity contribution is -0.135. The Morgan fingerprint density at radius 1 is 1.60 bits per heavy atom. The highest BCUT2D eigenvalue weighted by Crippen LogP contribution is 2.40. The standard InChI is InChI=1S/C12H19NO2/c1-4-15-12-10-7-8(2)5-6-9(10)11(14)13(12)3/h5,9-10,12H,4,6-7H2,1-3H3/t9-,10+,12+/m1/s1. The number of allylic oxidation sites excluding steroid dienone is 2. The van der Waals surface area contributed by atoms with Crippen LogP contribution in [-0.2, 0) is 9.53 Å². The Hall–Kier alpha value is -0.830. The summed E-state index contributed by atoms with van der Waals surface area (Å²) in [7, 11) is 1.86. The number of hydrogen-bond donors (Lipinski definition) is 0. The molecule has 15 heavy (non-hydrogen) atoms. The van der Waals surface area contributed by atoms with Crippen molar-refractivity contribution in [2.75, 3.05) is 13.7 Å². The molecule has 3 atom stereocenters. The van der Waals surface area contributed by atoms with Crippen molar-refractivity contribution in [1.82, 2.24) is 4.90 Å². The molecule has 1 aliphatic carbocycles. The van der Waals surface area contributed by atoms with Crippen LogP contribution < -0.4 is 0 Å². The van der Waals surface area contributed by atoms with Gasteiger partial charge in [-0.25, -0.2) is 0 Å². The van der Waals surface area contributed by atoms with Gasteiger partial charge in [-0.05, 0) is 26.7 Å². The SMILES string of the molecule is CCO[C@H]1[C@H]2CC(C)=CC[C@H]2C(=O)N1C. The first-order valence-electron chi connectivity index (χ1n) is 5.69. The first-order valence-corrected chi connectivity index (χ1v) is 5.69. The van der Waals surface area contributed by atoms with Gasteiger partial charge >= 0.3 is 0 Å². The van der Waals surface area contributed by atoms with E-state index in [0.717, 1.165) is 12.8 Å². The first kappa shape index (κ1) is 10.7. The third-order valence-electron chi connectivity index (χ3n) is 3.54. The van der Waals surface area contributed by atoms with E-state index in [1.165, 1.54) is 5.57 Å². The number of likely N-dealkylation sites (tertiary alicyclic amines) is 1. The van der Waals surface area contributed by atoms with Crippen LogP contribution in [0.15, 0.2) is 11.6 Å². The lowest BCUT2D eigenvalue weighted by atomic mass is 9.81. The zero-order chi connectivity index (χ0) is 11.0. The normalized spacial score (nSPS) is 35.4. The number of hydrogen-bond acceptors (Lipinski definition) is 2. The highest BCUT2D eigenvalue weighted by atomic mass is 16.5. The van der Waals surface area contributed by atoms with Gasteiger partial charge in [0.15, 0.2) is 0 Å². The van der Waals surface area contributed by atoms with Crippen LogP contribution in [0.1, 0.15) is 26.7 Å². The van der Waals surface area contributed by atoms with Gasteiger partial charge in [0.25, 0.3) is 0 Å². The molecule has 0 bridgehead atoms.